The van der Waals surface area contributed by atoms with Crippen LogP contribution >= 0.6 is 11.8 Å². The van der Waals surface area contributed by atoms with Crippen LogP contribution in [0.15, 0.2) is 16.0 Å². The molecule has 3 heterocycles. The van der Waals surface area contributed by atoms with Gasteiger partial charge < -0.3 is 9.32 Å². The molecule has 1 aliphatic heterocycles. The molecule has 0 bridgehead atoms. The lowest BCUT2D eigenvalue weighted by Gasteiger charge is -2.19. The summed E-state index contributed by atoms with van der Waals surface area (Å²) in [4.78, 5) is 14.1. The second-order valence-electron chi connectivity index (χ2n) is 4.82. The monoisotopic (exact) mass is 295 g/mol. The van der Waals surface area contributed by atoms with E-state index in [9.17, 15) is 4.79 Å². The van der Waals surface area contributed by atoms with Crippen LogP contribution < -0.4 is 0 Å². The smallest absolute Gasteiger partial charge is 0.345 e. The number of rotatable bonds is 4. The van der Waals surface area contributed by atoms with Gasteiger partial charge in [0.05, 0.1) is 0 Å². The maximum absolute atomic E-state index is 12.1. The summed E-state index contributed by atoms with van der Waals surface area (Å²) in [6, 6.07) is 0. The normalized spacial score (nSPS) is 16.5. The van der Waals surface area contributed by atoms with Gasteiger partial charge in [-0.05, 0) is 12.8 Å². The molecule has 0 spiro atoms. The lowest BCUT2D eigenvalue weighted by atomic mass is 10.2. The maximum atomic E-state index is 12.1. The first-order chi connectivity index (χ1) is 9.83. The number of likely N-dealkylation sites (tertiary alicyclic amines) is 1. The van der Waals surface area contributed by atoms with Crippen LogP contribution in [-0.2, 0) is 4.79 Å². The lowest BCUT2D eigenvalue weighted by molar-refractivity contribution is -0.130. The summed E-state index contributed by atoms with van der Waals surface area (Å²) in [5.74, 6) is 1.29. The third-order valence-electron chi connectivity index (χ3n) is 3.37. The van der Waals surface area contributed by atoms with Gasteiger partial charge in [-0.25, -0.2) is 0 Å². The number of amides is 1. The van der Waals surface area contributed by atoms with E-state index in [1.165, 1.54) is 35.4 Å². The molecule has 8 heteroatoms. The van der Waals surface area contributed by atoms with Gasteiger partial charge in [-0.1, -0.05) is 29.7 Å². The molecule has 0 N–H and O–H groups in total. The van der Waals surface area contributed by atoms with Gasteiger partial charge in [-0.3, -0.25) is 4.79 Å². The quantitative estimate of drug-likeness (QED) is 0.797. The van der Waals surface area contributed by atoms with Crippen molar-refractivity contribution in [1.29, 1.82) is 0 Å². The third-order valence-corrected chi connectivity index (χ3v) is 4.19. The van der Waals surface area contributed by atoms with E-state index in [0.717, 1.165) is 25.9 Å². The van der Waals surface area contributed by atoms with E-state index in [0.29, 0.717) is 23.2 Å². The predicted molar refractivity (Wildman–Crippen MR) is 73.4 cm³/mol. The van der Waals surface area contributed by atoms with E-state index in [1.807, 2.05) is 4.90 Å². The second kappa shape index (κ2) is 6.25. The highest BCUT2D eigenvalue weighted by molar-refractivity contribution is 7.99. The first-order valence-electron chi connectivity index (χ1n) is 6.90. The van der Waals surface area contributed by atoms with Crippen LogP contribution in [0.25, 0.3) is 5.84 Å². The van der Waals surface area contributed by atoms with Crippen molar-refractivity contribution in [2.45, 2.75) is 37.3 Å². The Labute approximate surface area is 120 Å². The van der Waals surface area contributed by atoms with Gasteiger partial charge in [0.2, 0.25) is 5.91 Å². The molecule has 2 aromatic heterocycles. The van der Waals surface area contributed by atoms with Gasteiger partial charge in [0, 0.05) is 25.3 Å². The van der Waals surface area contributed by atoms with Crippen molar-refractivity contribution in [2.75, 3.05) is 18.8 Å². The van der Waals surface area contributed by atoms with E-state index < -0.39 is 0 Å². The Morgan fingerprint density at radius 2 is 2.10 bits per heavy atom. The summed E-state index contributed by atoms with van der Waals surface area (Å²) < 4.78 is 6.86. The molecule has 20 heavy (non-hydrogen) atoms. The Morgan fingerprint density at radius 3 is 2.85 bits per heavy atom. The van der Waals surface area contributed by atoms with Gasteiger partial charge >= 0.3 is 5.84 Å². The fraction of sp³-hybridized carbons (Fsp3) is 0.667. The fourth-order valence-electron chi connectivity index (χ4n) is 2.30. The Morgan fingerprint density at radius 1 is 1.30 bits per heavy atom. The highest BCUT2D eigenvalue weighted by atomic mass is 32.2. The summed E-state index contributed by atoms with van der Waals surface area (Å²) in [5.41, 5.74) is 0. The minimum absolute atomic E-state index is 0.234. The van der Waals surface area contributed by atoms with Crippen LogP contribution in [0.3, 0.4) is 0 Å². The Hall–Kier alpha value is -1.57. The van der Waals surface area contributed by atoms with Crippen LogP contribution in [-0.4, -0.2) is 49.5 Å². The Kier molecular flexibility index (Phi) is 4.19. The molecule has 0 unspecified atom stereocenters. The van der Waals surface area contributed by atoms with Crippen LogP contribution in [0.2, 0.25) is 0 Å². The van der Waals surface area contributed by atoms with Crippen molar-refractivity contribution in [3.8, 4) is 0 Å². The van der Waals surface area contributed by atoms with Crippen molar-refractivity contribution >= 4 is 23.5 Å². The van der Waals surface area contributed by atoms with E-state index in [1.54, 1.807) is 0 Å². The molecule has 3 rings (SSSR count). The van der Waals surface area contributed by atoms with Crippen LogP contribution in [0, 0.1) is 0 Å². The van der Waals surface area contributed by atoms with Crippen molar-refractivity contribution in [3.63, 3.8) is 0 Å². The zero-order chi connectivity index (χ0) is 13.8. The van der Waals surface area contributed by atoms with Gasteiger partial charge in [0.25, 0.3) is 5.22 Å². The molecular weight excluding hydrogens is 278 g/mol. The number of aromatic nitrogens is 4. The maximum Gasteiger partial charge on any atom is 0.345 e. The summed E-state index contributed by atoms with van der Waals surface area (Å²) in [6.07, 6.45) is 6.75. The molecule has 2 aromatic rings. The molecule has 1 saturated heterocycles. The van der Waals surface area contributed by atoms with Gasteiger partial charge in [-0.15, -0.1) is 10.2 Å². The van der Waals surface area contributed by atoms with Crippen molar-refractivity contribution in [3.05, 3.63) is 6.33 Å². The molecule has 0 atom stereocenters. The highest BCUT2D eigenvalue weighted by Crippen LogP contribution is 2.19. The first kappa shape index (κ1) is 13.4. The van der Waals surface area contributed by atoms with Crippen LogP contribution in [0.5, 0.6) is 0 Å². The molecule has 0 aliphatic carbocycles. The summed E-state index contributed by atoms with van der Waals surface area (Å²) >= 11 is 1.43. The van der Waals surface area contributed by atoms with Gasteiger partial charge in [0.15, 0.2) is 0 Å². The average Bonchev–Trinajstić information content (AvgIpc) is 2.90. The average molecular weight is 295 g/mol. The number of nitrogens with zero attached hydrogens (tertiary/aromatic N) is 5. The highest BCUT2D eigenvalue weighted by Gasteiger charge is 2.16. The zero-order valence-corrected chi connectivity index (χ0v) is 12.0. The van der Waals surface area contributed by atoms with E-state index in [-0.39, 0.29) is 5.91 Å². The Bertz CT molecular complexity index is 545. The summed E-state index contributed by atoms with van der Waals surface area (Å²) in [7, 11) is 0. The van der Waals surface area contributed by atoms with Crippen molar-refractivity contribution in [2.24, 2.45) is 0 Å². The summed E-state index contributed by atoms with van der Waals surface area (Å²) in [6.45, 7) is 1.81. The van der Waals surface area contributed by atoms with E-state index in [4.69, 9.17) is 4.42 Å². The molecule has 1 aliphatic rings. The predicted octanol–water partition coefficient (Wildman–Crippen LogP) is 1.60. The van der Waals surface area contributed by atoms with Crippen LogP contribution in [0.4, 0.5) is 0 Å². The minimum Gasteiger partial charge on any atom is -0.396 e. The SMILES string of the molecule is O=C(CCSc1nn2cnnc2o1)N1CCCCCC1. The van der Waals surface area contributed by atoms with Gasteiger partial charge in [-0.2, -0.15) is 4.52 Å². The minimum atomic E-state index is 0.234. The molecule has 108 valence electrons. The molecule has 0 saturated carbocycles. The largest absolute Gasteiger partial charge is 0.396 e. The topological polar surface area (TPSA) is 76.5 Å². The van der Waals surface area contributed by atoms with E-state index >= 15 is 0 Å². The number of fused-ring (bicyclic) bond motifs is 1. The first-order valence-corrected chi connectivity index (χ1v) is 7.89. The second-order valence-corrected chi connectivity index (χ2v) is 5.87. The van der Waals surface area contributed by atoms with Crippen molar-refractivity contribution < 1.29 is 9.21 Å². The number of hydrogen-bond donors (Lipinski definition) is 0. The molecule has 0 aromatic carbocycles. The number of carbonyl (C=O) groups is 1. The number of thioether (sulfide) groups is 1. The fourth-order valence-corrected chi connectivity index (χ4v) is 3.03. The molecule has 7 nitrogen and oxygen atoms in total. The third kappa shape index (κ3) is 3.12. The standard InChI is InChI=1S/C12H17N5O2S/c18-10(16-6-3-1-2-4-7-16)5-8-20-12-15-17-9-13-14-11(17)19-12/h9H,1-8H2. The number of carbonyl (C=O) groups excluding carboxylic acids is 1. The molecular formula is C12H17N5O2S. The summed E-state index contributed by atoms with van der Waals surface area (Å²) in [5, 5.41) is 12.1. The molecule has 1 fully saturated rings. The Balaban J connectivity index is 1.46. The molecule has 0 radical (unpaired) electrons. The van der Waals surface area contributed by atoms with E-state index in [2.05, 4.69) is 15.3 Å². The molecule has 1 amide bonds. The number of hydrogen-bond acceptors (Lipinski definition) is 6. The van der Waals surface area contributed by atoms with Gasteiger partial charge in [0.1, 0.15) is 6.33 Å². The van der Waals surface area contributed by atoms with Crippen LogP contribution in [0.1, 0.15) is 32.1 Å². The van der Waals surface area contributed by atoms with Crippen molar-refractivity contribution in [1.82, 2.24) is 24.7 Å². The zero-order valence-electron chi connectivity index (χ0n) is 11.2. The lowest BCUT2D eigenvalue weighted by Crippen LogP contribution is -2.31.